The molecule has 2 bridgehead atoms. The van der Waals surface area contributed by atoms with E-state index in [1.807, 2.05) is 44.3 Å². The summed E-state index contributed by atoms with van der Waals surface area (Å²) in [6.45, 7) is 3.14. The molecular weight excluding hydrogens is 336 g/mol. The Hall–Kier alpha value is -2.16. The minimum absolute atomic E-state index is 0.0134. The second kappa shape index (κ2) is 8.48. The maximum atomic E-state index is 12.6. The third-order valence-electron chi connectivity index (χ3n) is 4.84. The Balaban J connectivity index is 1.53. The van der Waals surface area contributed by atoms with Gasteiger partial charge in [0, 0.05) is 12.6 Å². The van der Waals surface area contributed by atoms with Crippen LogP contribution in [-0.2, 0) is 21.1 Å². The first-order chi connectivity index (χ1) is 12.6. The van der Waals surface area contributed by atoms with E-state index in [4.69, 9.17) is 9.68 Å². The highest BCUT2D eigenvalue weighted by atomic mass is 16.7. The molecular formula is C18H26N4O4. The van der Waals surface area contributed by atoms with Crippen LogP contribution in [0.25, 0.3) is 0 Å². The van der Waals surface area contributed by atoms with E-state index in [9.17, 15) is 9.59 Å². The number of piperidine rings is 1. The molecule has 3 amide bonds. The Bertz CT molecular complexity index is 627. The standard InChI is InChI=1S/C18H26N4O4/c1-13(19-2)11-25-20-17(23)16-9-8-15-10-21(16)18(24)22(15)26-12-14-6-4-3-5-7-14/h3-7,13,15-16,19H,8-12H2,1-2H3,(H,20,23)/t13-,15+,16-/m0/s1. The van der Waals surface area contributed by atoms with E-state index >= 15 is 0 Å². The van der Waals surface area contributed by atoms with E-state index in [1.165, 1.54) is 5.06 Å². The second-order valence-electron chi connectivity index (χ2n) is 6.73. The average Bonchev–Trinajstić information content (AvgIpc) is 2.91. The zero-order chi connectivity index (χ0) is 18.5. The Morgan fingerprint density at radius 2 is 2.08 bits per heavy atom. The van der Waals surface area contributed by atoms with Crippen LogP contribution >= 0.6 is 0 Å². The van der Waals surface area contributed by atoms with Crippen LogP contribution in [-0.4, -0.2) is 60.2 Å². The Kier molecular flexibility index (Phi) is 6.08. The smallest absolute Gasteiger partial charge is 0.315 e. The van der Waals surface area contributed by atoms with Crippen molar-refractivity contribution in [3.8, 4) is 0 Å². The molecule has 0 saturated carbocycles. The average molecular weight is 362 g/mol. The quantitative estimate of drug-likeness (QED) is 0.675. The van der Waals surface area contributed by atoms with E-state index in [2.05, 4.69) is 10.8 Å². The lowest BCUT2D eigenvalue weighted by Crippen LogP contribution is -2.50. The summed E-state index contributed by atoms with van der Waals surface area (Å²) in [4.78, 5) is 37.6. The van der Waals surface area contributed by atoms with Crippen molar-refractivity contribution >= 4 is 11.9 Å². The maximum Gasteiger partial charge on any atom is 0.345 e. The highest BCUT2D eigenvalue weighted by Gasteiger charge is 2.48. The molecule has 0 unspecified atom stereocenters. The number of carbonyl (C=O) groups excluding carboxylic acids is 2. The number of hydroxylamine groups is 3. The molecule has 1 aromatic rings. The summed E-state index contributed by atoms with van der Waals surface area (Å²) in [6.07, 6.45) is 1.32. The lowest BCUT2D eigenvalue weighted by atomic mass is 10.0. The van der Waals surface area contributed by atoms with Gasteiger partial charge >= 0.3 is 6.03 Å². The molecule has 8 heteroatoms. The van der Waals surface area contributed by atoms with Crippen molar-refractivity contribution in [1.29, 1.82) is 0 Å². The van der Waals surface area contributed by atoms with Crippen molar-refractivity contribution < 1.29 is 19.3 Å². The molecule has 26 heavy (non-hydrogen) atoms. The first-order valence-electron chi connectivity index (χ1n) is 8.95. The number of likely N-dealkylation sites (N-methyl/N-ethyl adjacent to an activating group) is 1. The maximum absolute atomic E-state index is 12.6. The summed E-state index contributed by atoms with van der Waals surface area (Å²) in [5.74, 6) is -0.287. The van der Waals surface area contributed by atoms with Crippen molar-refractivity contribution in [2.75, 3.05) is 20.2 Å². The zero-order valence-corrected chi connectivity index (χ0v) is 15.2. The number of nitrogens with one attached hydrogen (secondary N) is 2. The van der Waals surface area contributed by atoms with Crippen LogP contribution in [0.2, 0.25) is 0 Å². The van der Waals surface area contributed by atoms with Gasteiger partial charge in [-0.2, -0.15) is 5.06 Å². The largest absolute Gasteiger partial charge is 0.345 e. The third kappa shape index (κ3) is 4.14. The van der Waals surface area contributed by atoms with Crippen LogP contribution < -0.4 is 10.8 Å². The van der Waals surface area contributed by atoms with Gasteiger partial charge in [0.05, 0.1) is 12.6 Å². The monoisotopic (exact) mass is 362 g/mol. The molecule has 3 atom stereocenters. The molecule has 8 nitrogen and oxygen atoms in total. The van der Waals surface area contributed by atoms with Crippen molar-refractivity contribution in [3.05, 3.63) is 35.9 Å². The van der Waals surface area contributed by atoms with E-state index in [1.54, 1.807) is 4.90 Å². The van der Waals surface area contributed by atoms with E-state index < -0.39 is 6.04 Å². The number of fused-ring (bicyclic) bond motifs is 2. The number of benzene rings is 1. The summed E-state index contributed by atoms with van der Waals surface area (Å²) < 4.78 is 0. The van der Waals surface area contributed by atoms with Gasteiger partial charge in [-0.1, -0.05) is 30.3 Å². The predicted molar refractivity (Wildman–Crippen MR) is 94.6 cm³/mol. The summed E-state index contributed by atoms with van der Waals surface area (Å²) in [7, 11) is 1.82. The molecule has 0 radical (unpaired) electrons. The minimum Gasteiger partial charge on any atom is -0.315 e. The topological polar surface area (TPSA) is 83.1 Å². The number of hydrogen-bond acceptors (Lipinski definition) is 5. The summed E-state index contributed by atoms with van der Waals surface area (Å²) in [5, 5.41) is 4.44. The second-order valence-corrected chi connectivity index (χ2v) is 6.73. The van der Waals surface area contributed by atoms with Crippen molar-refractivity contribution in [1.82, 2.24) is 20.8 Å². The van der Waals surface area contributed by atoms with Gasteiger partial charge in [0.15, 0.2) is 0 Å². The van der Waals surface area contributed by atoms with Gasteiger partial charge in [-0.25, -0.2) is 10.3 Å². The number of hydrogen-bond donors (Lipinski definition) is 2. The van der Waals surface area contributed by atoms with Gasteiger partial charge < -0.3 is 10.2 Å². The SMILES string of the molecule is CN[C@@H](C)CONC(=O)[C@@H]1CC[C@@H]2CN1C(=O)N2OCc1ccccc1. The molecule has 2 fully saturated rings. The molecule has 0 aliphatic carbocycles. The number of rotatable bonds is 8. The number of urea groups is 1. The van der Waals surface area contributed by atoms with Gasteiger partial charge in [-0.3, -0.25) is 14.5 Å². The highest BCUT2D eigenvalue weighted by molar-refractivity contribution is 5.88. The lowest BCUT2D eigenvalue weighted by molar-refractivity contribution is -0.141. The van der Waals surface area contributed by atoms with Crippen molar-refractivity contribution in [3.63, 3.8) is 0 Å². The Labute approximate surface area is 153 Å². The van der Waals surface area contributed by atoms with Crippen LogP contribution in [0.4, 0.5) is 4.79 Å². The lowest BCUT2D eigenvalue weighted by Gasteiger charge is -2.29. The fourth-order valence-corrected chi connectivity index (χ4v) is 3.18. The molecule has 1 aromatic carbocycles. The number of amides is 3. The molecule has 2 N–H and O–H groups in total. The van der Waals surface area contributed by atoms with Crippen LogP contribution in [0, 0.1) is 0 Å². The van der Waals surface area contributed by atoms with E-state index in [0.29, 0.717) is 26.2 Å². The molecule has 2 aliphatic rings. The van der Waals surface area contributed by atoms with Gasteiger partial charge in [0.25, 0.3) is 5.91 Å². The molecule has 2 aliphatic heterocycles. The van der Waals surface area contributed by atoms with E-state index in [0.717, 1.165) is 12.0 Å². The number of carbonyl (C=O) groups is 2. The molecule has 0 aromatic heterocycles. The van der Waals surface area contributed by atoms with Crippen LogP contribution in [0.3, 0.4) is 0 Å². The number of nitrogens with zero attached hydrogens (tertiary/aromatic N) is 2. The first kappa shape index (κ1) is 18.6. The van der Waals surface area contributed by atoms with Crippen molar-refractivity contribution in [2.24, 2.45) is 0 Å². The third-order valence-corrected chi connectivity index (χ3v) is 4.84. The fourth-order valence-electron chi connectivity index (χ4n) is 3.18. The summed E-state index contributed by atoms with van der Waals surface area (Å²) >= 11 is 0. The zero-order valence-electron chi connectivity index (χ0n) is 15.2. The molecule has 142 valence electrons. The molecule has 2 heterocycles. The molecule has 2 saturated heterocycles. The van der Waals surface area contributed by atoms with Crippen molar-refractivity contribution in [2.45, 2.75) is 44.5 Å². The van der Waals surface area contributed by atoms with Gasteiger partial charge in [-0.15, -0.1) is 0 Å². The predicted octanol–water partition coefficient (Wildman–Crippen LogP) is 1.04. The van der Waals surface area contributed by atoms with Gasteiger partial charge in [0.1, 0.15) is 12.6 Å². The molecule has 3 rings (SSSR count). The summed E-state index contributed by atoms with van der Waals surface area (Å²) in [5.41, 5.74) is 3.46. The Morgan fingerprint density at radius 3 is 2.81 bits per heavy atom. The van der Waals surface area contributed by atoms with Crippen LogP contribution in [0.15, 0.2) is 30.3 Å². The van der Waals surface area contributed by atoms with Crippen LogP contribution in [0.1, 0.15) is 25.3 Å². The fraction of sp³-hybridized carbons (Fsp3) is 0.556. The highest BCUT2D eigenvalue weighted by Crippen LogP contribution is 2.30. The summed E-state index contributed by atoms with van der Waals surface area (Å²) in [6, 6.07) is 9.04. The van der Waals surface area contributed by atoms with Gasteiger partial charge in [0.2, 0.25) is 0 Å². The molecule has 0 spiro atoms. The Morgan fingerprint density at radius 1 is 1.31 bits per heavy atom. The van der Waals surface area contributed by atoms with Gasteiger partial charge in [-0.05, 0) is 32.4 Å². The minimum atomic E-state index is -0.519. The normalized spacial score (nSPS) is 23.2. The first-order valence-corrected chi connectivity index (χ1v) is 8.95. The van der Waals surface area contributed by atoms with E-state index in [-0.39, 0.29) is 24.0 Å². The van der Waals surface area contributed by atoms with Crippen LogP contribution in [0.5, 0.6) is 0 Å².